The first-order valence-electron chi connectivity index (χ1n) is 5.44. The van der Waals surface area contributed by atoms with Crippen LogP contribution in [0.15, 0.2) is 24.3 Å². The summed E-state index contributed by atoms with van der Waals surface area (Å²) >= 11 is 0. The van der Waals surface area contributed by atoms with Crippen LogP contribution in [0.1, 0.15) is 12.5 Å². The van der Waals surface area contributed by atoms with Gasteiger partial charge in [0.05, 0.1) is 13.7 Å². The van der Waals surface area contributed by atoms with Gasteiger partial charge < -0.3 is 19.7 Å². The lowest BCUT2D eigenvalue weighted by atomic mass is 10.1. The summed E-state index contributed by atoms with van der Waals surface area (Å²) in [6.07, 6.45) is 2.89. The highest BCUT2D eigenvalue weighted by Gasteiger charge is 2.10. The molecule has 1 atom stereocenters. The van der Waals surface area contributed by atoms with Gasteiger partial charge in [-0.2, -0.15) is 0 Å². The van der Waals surface area contributed by atoms with Crippen LogP contribution in [0.5, 0.6) is 11.5 Å². The summed E-state index contributed by atoms with van der Waals surface area (Å²) in [5, 5.41) is 18.0. The molecular formula is C13H18O4. The average molecular weight is 238 g/mol. The first-order valence-corrected chi connectivity index (χ1v) is 5.44. The molecule has 0 radical (unpaired) electrons. The van der Waals surface area contributed by atoms with Crippen molar-refractivity contribution in [3.05, 3.63) is 29.8 Å². The monoisotopic (exact) mass is 238 g/mol. The fourth-order valence-electron chi connectivity index (χ4n) is 1.39. The highest BCUT2D eigenvalue weighted by Crippen LogP contribution is 2.32. The van der Waals surface area contributed by atoms with Gasteiger partial charge in [-0.3, -0.25) is 0 Å². The third-order valence-electron chi connectivity index (χ3n) is 2.21. The maximum Gasteiger partial charge on any atom is 0.168 e. The molecule has 0 fully saturated rings. The minimum absolute atomic E-state index is 0.0292. The van der Waals surface area contributed by atoms with E-state index in [1.807, 2.05) is 31.2 Å². The Labute approximate surface area is 101 Å². The van der Waals surface area contributed by atoms with Crippen molar-refractivity contribution >= 4 is 6.08 Å². The van der Waals surface area contributed by atoms with Crippen LogP contribution in [0.25, 0.3) is 6.08 Å². The van der Waals surface area contributed by atoms with E-state index in [1.165, 1.54) is 0 Å². The van der Waals surface area contributed by atoms with E-state index < -0.39 is 6.10 Å². The number of aliphatic hydroxyl groups is 2. The van der Waals surface area contributed by atoms with Crippen molar-refractivity contribution in [2.24, 2.45) is 0 Å². The zero-order valence-electron chi connectivity index (χ0n) is 10.1. The van der Waals surface area contributed by atoms with Crippen LogP contribution < -0.4 is 9.47 Å². The number of aliphatic hydroxyl groups excluding tert-OH is 2. The summed E-state index contributed by atoms with van der Waals surface area (Å²) in [5.41, 5.74) is 0.872. The molecule has 0 amide bonds. The molecule has 4 heteroatoms. The number of rotatable bonds is 6. The molecule has 0 aliphatic heterocycles. The summed E-state index contributed by atoms with van der Waals surface area (Å²) in [4.78, 5) is 0. The maximum absolute atomic E-state index is 9.27. The zero-order valence-corrected chi connectivity index (χ0v) is 10.1. The standard InChI is InChI=1S/C13H18O4/c1-3-5-10-6-4-7-12(16-2)13(10)17-9-11(15)8-14/h3-7,11,14-15H,8-9H2,1-2H3/b5-3-. The zero-order chi connectivity index (χ0) is 12.7. The topological polar surface area (TPSA) is 58.9 Å². The highest BCUT2D eigenvalue weighted by atomic mass is 16.5. The first-order chi connectivity index (χ1) is 8.22. The Balaban J connectivity index is 2.92. The second kappa shape index (κ2) is 6.93. The maximum atomic E-state index is 9.27. The Bertz CT molecular complexity index is 374. The lowest BCUT2D eigenvalue weighted by Crippen LogP contribution is -2.21. The summed E-state index contributed by atoms with van der Waals surface area (Å²) < 4.78 is 10.7. The smallest absolute Gasteiger partial charge is 0.168 e. The van der Waals surface area contributed by atoms with Crippen LogP contribution in [0.4, 0.5) is 0 Å². The number of para-hydroxylation sites is 1. The largest absolute Gasteiger partial charge is 0.493 e. The van der Waals surface area contributed by atoms with Gasteiger partial charge >= 0.3 is 0 Å². The van der Waals surface area contributed by atoms with Gasteiger partial charge in [0.2, 0.25) is 0 Å². The second-order valence-corrected chi connectivity index (χ2v) is 3.53. The van der Waals surface area contributed by atoms with Gasteiger partial charge in [-0.25, -0.2) is 0 Å². The number of methoxy groups -OCH3 is 1. The lowest BCUT2D eigenvalue weighted by molar-refractivity contribution is 0.0526. The van der Waals surface area contributed by atoms with Crippen LogP contribution in [0, 0.1) is 0 Å². The normalized spacial score (nSPS) is 12.7. The molecule has 17 heavy (non-hydrogen) atoms. The van der Waals surface area contributed by atoms with Crippen molar-refractivity contribution in [3.8, 4) is 11.5 Å². The molecular weight excluding hydrogens is 220 g/mol. The molecule has 1 unspecified atom stereocenters. The molecule has 1 rings (SSSR count). The Kier molecular flexibility index (Phi) is 5.52. The van der Waals surface area contributed by atoms with Crippen molar-refractivity contribution in [2.75, 3.05) is 20.3 Å². The quantitative estimate of drug-likeness (QED) is 0.787. The van der Waals surface area contributed by atoms with E-state index in [2.05, 4.69) is 0 Å². The molecule has 0 aromatic heterocycles. The molecule has 0 aliphatic carbocycles. The molecule has 0 saturated carbocycles. The molecule has 1 aromatic carbocycles. The van der Waals surface area contributed by atoms with Gasteiger partial charge in [0.15, 0.2) is 11.5 Å². The van der Waals surface area contributed by atoms with Crippen LogP contribution in [-0.4, -0.2) is 36.6 Å². The molecule has 0 saturated heterocycles. The number of hydrogen-bond acceptors (Lipinski definition) is 4. The molecule has 0 bridgehead atoms. The van der Waals surface area contributed by atoms with Crippen LogP contribution in [0.2, 0.25) is 0 Å². The Morgan fingerprint density at radius 1 is 1.41 bits per heavy atom. The molecule has 0 spiro atoms. The molecule has 4 nitrogen and oxygen atoms in total. The molecule has 2 N–H and O–H groups in total. The van der Waals surface area contributed by atoms with E-state index >= 15 is 0 Å². The van der Waals surface area contributed by atoms with Crippen molar-refractivity contribution in [1.29, 1.82) is 0 Å². The Morgan fingerprint density at radius 3 is 2.76 bits per heavy atom. The van der Waals surface area contributed by atoms with Crippen LogP contribution in [-0.2, 0) is 0 Å². The van der Waals surface area contributed by atoms with Crippen LogP contribution in [0.3, 0.4) is 0 Å². The van der Waals surface area contributed by atoms with Gasteiger partial charge in [0, 0.05) is 5.56 Å². The highest BCUT2D eigenvalue weighted by molar-refractivity contribution is 5.62. The van der Waals surface area contributed by atoms with E-state index in [0.717, 1.165) is 5.56 Å². The summed E-state index contributed by atoms with van der Waals surface area (Å²) in [6, 6.07) is 5.54. The van der Waals surface area contributed by atoms with Crippen molar-refractivity contribution in [2.45, 2.75) is 13.0 Å². The van der Waals surface area contributed by atoms with Gasteiger partial charge in [-0.15, -0.1) is 0 Å². The number of ether oxygens (including phenoxy) is 2. The summed E-state index contributed by atoms with van der Waals surface area (Å²) in [7, 11) is 1.56. The summed E-state index contributed by atoms with van der Waals surface area (Å²) in [6.45, 7) is 1.61. The molecule has 0 heterocycles. The van der Waals surface area contributed by atoms with Crippen molar-refractivity contribution < 1.29 is 19.7 Å². The third-order valence-corrected chi connectivity index (χ3v) is 2.21. The fourth-order valence-corrected chi connectivity index (χ4v) is 1.39. The van der Waals surface area contributed by atoms with E-state index in [-0.39, 0.29) is 13.2 Å². The average Bonchev–Trinajstić information content (AvgIpc) is 2.36. The van der Waals surface area contributed by atoms with E-state index in [4.69, 9.17) is 14.6 Å². The van der Waals surface area contributed by atoms with E-state index in [1.54, 1.807) is 13.2 Å². The third kappa shape index (κ3) is 3.76. The fraction of sp³-hybridized carbons (Fsp3) is 0.385. The Morgan fingerprint density at radius 2 is 2.18 bits per heavy atom. The Hall–Kier alpha value is -1.52. The molecule has 1 aromatic rings. The van der Waals surface area contributed by atoms with Crippen molar-refractivity contribution in [3.63, 3.8) is 0 Å². The van der Waals surface area contributed by atoms with Gasteiger partial charge in [-0.05, 0) is 13.0 Å². The lowest BCUT2D eigenvalue weighted by Gasteiger charge is -2.15. The molecule has 0 aliphatic rings. The molecule has 94 valence electrons. The van der Waals surface area contributed by atoms with E-state index in [0.29, 0.717) is 11.5 Å². The van der Waals surface area contributed by atoms with E-state index in [9.17, 15) is 5.11 Å². The number of allylic oxidation sites excluding steroid dienone is 1. The summed E-state index contributed by atoms with van der Waals surface area (Å²) in [5.74, 6) is 1.17. The minimum Gasteiger partial charge on any atom is -0.493 e. The number of benzene rings is 1. The second-order valence-electron chi connectivity index (χ2n) is 3.53. The first kappa shape index (κ1) is 13.5. The SMILES string of the molecule is C/C=C\c1cccc(OC)c1OCC(O)CO. The van der Waals surface area contributed by atoms with Crippen LogP contribution >= 0.6 is 0 Å². The van der Waals surface area contributed by atoms with Gasteiger partial charge in [-0.1, -0.05) is 24.3 Å². The predicted octanol–water partition coefficient (Wildman–Crippen LogP) is 1.46. The van der Waals surface area contributed by atoms with Crippen molar-refractivity contribution in [1.82, 2.24) is 0 Å². The minimum atomic E-state index is -0.890. The predicted molar refractivity (Wildman–Crippen MR) is 66.3 cm³/mol. The van der Waals surface area contributed by atoms with Gasteiger partial charge in [0.1, 0.15) is 12.7 Å². The number of hydrogen-bond donors (Lipinski definition) is 2. The van der Waals surface area contributed by atoms with Gasteiger partial charge in [0.25, 0.3) is 0 Å².